The Morgan fingerprint density at radius 1 is 1.41 bits per heavy atom. The van der Waals surface area contributed by atoms with Crippen molar-refractivity contribution >= 4 is 6.03 Å². The molecule has 0 aliphatic rings. The minimum absolute atomic E-state index is 0.150. The zero-order chi connectivity index (χ0) is 12.1. The van der Waals surface area contributed by atoms with Crippen LogP contribution in [0.4, 0.5) is 4.79 Å². The molecule has 0 atom stereocenters. The summed E-state index contributed by atoms with van der Waals surface area (Å²) in [6.07, 6.45) is 4.77. The van der Waals surface area contributed by atoms with E-state index < -0.39 is 0 Å². The number of carbonyl (C=O) groups is 1. The molecule has 2 aromatic heterocycles. The smallest absolute Gasteiger partial charge is 0.317 e. The number of urea groups is 1. The molecule has 0 aliphatic heterocycles. The lowest BCUT2D eigenvalue weighted by atomic mass is 10.3. The number of carbonyl (C=O) groups excluding carboxylic acids is 1. The minimum Gasteiger partial charge on any atom is -0.472 e. The molecule has 90 valence electrons. The zero-order valence-electron chi connectivity index (χ0n) is 9.55. The van der Waals surface area contributed by atoms with Crippen molar-refractivity contribution in [1.29, 1.82) is 0 Å². The quantitative estimate of drug-likeness (QED) is 0.882. The monoisotopic (exact) mass is 234 g/mol. The predicted molar refractivity (Wildman–Crippen MR) is 61.1 cm³/mol. The fourth-order valence-corrected chi connectivity index (χ4v) is 1.41. The van der Waals surface area contributed by atoms with Crippen LogP contribution in [0.5, 0.6) is 0 Å². The molecule has 2 rings (SSSR count). The Morgan fingerprint density at radius 2 is 2.29 bits per heavy atom. The van der Waals surface area contributed by atoms with Gasteiger partial charge in [0.2, 0.25) is 0 Å². The van der Waals surface area contributed by atoms with Crippen molar-refractivity contribution < 1.29 is 13.6 Å². The molecule has 0 radical (unpaired) electrons. The number of nitrogens with zero attached hydrogens (tertiary/aromatic N) is 1. The standard InChI is InChI=1S/C12H14N2O3/c1-14(8-11-3-2-5-17-11)12(15)13-7-10-4-6-16-9-10/h2-6,9H,7-8H2,1H3,(H,13,15). The molecule has 0 fully saturated rings. The molecule has 2 amide bonds. The van der Waals surface area contributed by atoms with Gasteiger partial charge in [0.25, 0.3) is 0 Å². The van der Waals surface area contributed by atoms with Crippen LogP contribution in [0.1, 0.15) is 11.3 Å². The van der Waals surface area contributed by atoms with Crippen LogP contribution < -0.4 is 5.32 Å². The maximum atomic E-state index is 11.7. The number of nitrogens with one attached hydrogen (secondary N) is 1. The van der Waals surface area contributed by atoms with Crippen molar-refractivity contribution in [2.24, 2.45) is 0 Å². The molecule has 2 aromatic rings. The van der Waals surface area contributed by atoms with Crippen LogP contribution in [0.3, 0.4) is 0 Å². The summed E-state index contributed by atoms with van der Waals surface area (Å²) in [5.41, 5.74) is 0.935. The molecule has 0 aromatic carbocycles. The van der Waals surface area contributed by atoms with E-state index in [1.807, 2.05) is 12.1 Å². The third-order valence-corrected chi connectivity index (χ3v) is 2.34. The first kappa shape index (κ1) is 11.3. The Balaban J connectivity index is 1.79. The molecule has 0 unspecified atom stereocenters. The average Bonchev–Trinajstić information content (AvgIpc) is 2.98. The van der Waals surface area contributed by atoms with Crippen LogP contribution in [0.15, 0.2) is 45.8 Å². The van der Waals surface area contributed by atoms with Crippen molar-refractivity contribution in [2.75, 3.05) is 7.05 Å². The SMILES string of the molecule is CN(Cc1ccco1)C(=O)NCc1ccoc1. The third-order valence-electron chi connectivity index (χ3n) is 2.34. The molecule has 0 bridgehead atoms. The minimum atomic E-state index is -0.150. The maximum Gasteiger partial charge on any atom is 0.317 e. The van der Waals surface area contributed by atoms with Gasteiger partial charge in [-0.05, 0) is 18.2 Å². The Hall–Kier alpha value is -2.17. The summed E-state index contributed by atoms with van der Waals surface area (Å²) in [5.74, 6) is 0.756. The van der Waals surface area contributed by atoms with E-state index in [0.717, 1.165) is 11.3 Å². The van der Waals surface area contributed by atoms with Gasteiger partial charge in [-0.2, -0.15) is 0 Å². The van der Waals surface area contributed by atoms with Gasteiger partial charge >= 0.3 is 6.03 Å². The molecule has 0 saturated carbocycles. The lowest BCUT2D eigenvalue weighted by Gasteiger charge is -2.16. The normalized spacial score (nSPS) is 10.2. The fourth-order valence-electron chi connectivity index (χ4n) is 1.41. The molecule has 0 saturated heterocycles. The number of amides is 2. The largest absolute Gasteiger partial charge is 0.472 e. The molecule has 2 heterocycles. The van der Waals surface area contributed by atoms with Gasteiger partial charge in [0, 0.05) is 19.2 Å². The number of rotatable bonds is 4. The van der Waals surface area contributed by atoms with Gasteiger partial charge < -0.3 is 19.1 Å². The van der Waals surface area contributed by atoms with E-state index in [1.54, 1.807) is 36.8 Å². The highest BCUT2D eigenvalue weighted by molar-refractivity contribution is 5.73. The molecule has 5 nitrogen and oxygen atoms in total. The first-order valence-corrected chi connectivity index (χ1v) is 5.28. The second-order valence-corrected chi connectivity index (χ2v) is 3.73. The summed E-state index contributed by atoms with van der Waals surface area (Å²) >= 11 is 0. The Kier molecular flexibility index (Phi) is 3.49. The first-order valence-electron chi connectivity index (χ1n) is 5.28. The Bertz CT molecular complexity index is 448. The van der Waals surface area contributed by atoms with Crippen molar-refractivity contribution in [3.63, 3.8) is 0 Å². The van der Waals surface area contributed by atoms with Crippen molar-refractivity contribution in [1.82, 2.24) is 10.2 Å². The van der Waals surface area contributed by atoms with Gasteiger partial charge in [0.05, 0.1) is 25.3 Å². The third kappa shape index (κ3) is 3.14. The molecule has 17 heavy (non-hydrogen) atoms. The van der Waals surface area contributed by atoms with Crippen LogP contribution in [-0.4, -0.2) is 18.0 Å². The van der Waals surface area contributed by atoms with Gasteiger partial charge in [-0.1, -0.05) is 0 Å². The second-order valence-electron chi connectivity index (χ2n) is 3.73. The first-order chi connectivity index (χ1) is 8.25. The van der Waals surface area contributed by atoms with Gasteiger partial charge in [-0.3, -0.25) is 0 Å². The number of hydrogen-bond acceptors (Lipinski definition) is 3. The maximum absolute atomic E-state index is 11.7. The predicted octanol–water partition coefficient (Wildman–Crippen LogP) is 2.21. The van der Waals surface area contributed by atoms with Gasteiger partial charge in [-0.25, -0.2) is 4.79 Å². The van der Waals surface area contributed by atoms with Gasteiger partial charge in [-0.15, -0.1) is 0 Å². The van der Waals surface area contributed by atoms with Crippen LogP contribution in [0.2, 0.25) is 0 Å². The molecule has 5 heteroatoms. The average molecular weight is 234 g/mol. The number of furan rings is 2. The molecule has 1 N–H and O–H groups in total. The summed E-state index contributed by atoms with van der Waals surface area (Å²) in [4.78, 5) is 13.3. The number of hydrogen-bond donors (Lipinski definition) is 1. The van der Waals surface area contributed by atoms with Crippen LogP contribution in [-0.2, 0) is 13.1 Å². The van der Waals surface area contributed by atoms with Crippen LogP contribution in [0, 0.1) is 0 Å². The van der Waals surface area contributed by atoms with E-state index in [1.165, 1.54) is 0 Å². The Labute approximate surface area is 99.0 Å². The lowest BCUT2D eigenvalue weighted by Crippen LogP contribution is -2.36. The molecule has 0 aliphatic carbocycles. The highest BCUT2D eigenvalue weighted by Gasteiger charge is 2.09. The van der Waals surface area contributed by atoms with Crippen LogP contribution in [0.25, 0.3) is 0 Å². The lowest BCUT2D eigenvalue weighted by molar-refractivity contribution is 0.202. The van der Waals surface area contributed by atoms with E-state index in [2.05, 4.69) is 5.32 Å². The van der Waals surface area contributed by atoms with Crippen molar-refractivity contribution in [2.45, 2.75) is 13.1 Å². The highest BCUT2D eigenvalue weighted by atomic mass is 16.3. The van der Waals surface area contributed by atoms with E-state index in [4.69, 9.17) is 8.83 Å². The summed E-state index contributed by atoms with van der Waals surface area (Å²) < 4.78 is 10.1. The summed E-state index contributed by atoms with van der Waals surface area (Å²) in [6, 6.07) is 5.29. The highest BCUT2D eigenvalue weighted by Crippen LogP contribution is 2.04. The van der Waals surface area contributed by atoms with Crippen LogP contribution >= 0.6 is 0 Å². The van der Waals surface area contributed by atoms with E-state index in [-0.39, 0.29) is 6.03 Å². The molecular weight excluding hydrogens is 220 g/mol. The second kappa shape index (κ2) is 5.25. The fraction of sp³-hybridized carbons (Fsp3) is 0.250. The van der Waals surface area contributed by atoms with E-state index >= 15 is 0 Å². The van der Waals surface area contributed by atoms with Gasteiger partial charge in [0.1, 0.15) is 5.76 Å². The van der Waals surface area contributed by atoms with Crippen molar-refractivity contribution in [3.05, 3.63) is 48.3 Å². The van der Waals surface area contributed by atoms with E-state index in [0.29, 0.717) is 13.1 Å². The summed E-state index contributed by atoms with van der Waals surface area (Å²) in [6.45, 7) is 0.905. The summed E-state index contributed by atoms with van der Waals surface area (Å²) in [5, 5.41) is 2.78. The molecule has 0 spiro atoms. The summed E-state index contributed by atoms with van der Waals surface area (Å²) in [7, 11) is 1.72. The van der Waals surface area contributed by atoms with E-state index in [9.17, 15) is 4.79 Å². The topological polar surface area (TPSA) is 58.6 Å². The molecular formula is C12H14N2O3. The van der Waals surface area contributed by atoms with Crippen molar-refractivity contribution in [3.8, 4) is 0 Å². The van der Waals surface area contributed by atoms with Gasteiger partial charge in [0.15, 0.2) is 0 Å². The Morgan fingerprint density at radius 3 is 2.94 bits per heavy atom. The zero-order valence-corrected chi connectivity index (χ0v) is 9.55.